The summed E-state index contributed by atoms with van der Waals surface area (Å²) in [6, 6.07) is -9.90. The zero-order chi connectivity index (χ0) is 76.2. The van der Waals surface area contributed by atoms with Crippen LogP contribution in [0.4, 0.5) is 0 Å². The van der Waals surface area contributed by atoms with E-state index >= 15 is 0 Å². The van der Waals surface area contributed by atoms with Crippen LogP contribution in [-0.2, 0) is 90.4 Å². The molecule has 0 bridgehead atoms. The molecule has 0 aromatic heterocycles. The second-order valence-electron chi connectivity index (χ2n) is 24.4. The van der Waals surface area contributed by atoms with Gasteiger partial charge in [-0.3, -0.25) is 76.6 Å². The monoisotopic (exact) mass is 1480 g/mol. The van der Waals surface area contributed by atoms with Crippen LogP contribution in [0.2, 0.25) is 0 Å². The van der Waals surface area contributed by atoms with Crippen molar-refractivity contribution in [2.75, 3.05) is 59.9 Å². The Morgan fingerprint density at radius 1 is 0.525 bits per heavy atom. The lowest BCUT2D eigenvalue weighted by molar-refractivity contribution is -0.172. The Morgan fingerprint density at radius 2 is 0.931 bits per heavy atom. The van der Waals surface area contributed by atoms with E-state index in [0.717, 1.165) is 41.4 Å². The van der Waals surface area contributed by atoms with Crippen LogP contribution in [0.25, 0.3) is 0 Å². The third-order valence-electron chi connectivity index (χ3n) is 15.6. The van der Waals surface area contributed by atoms with Crippen LogP contribution in [-0.4, -0.2) is 234 Å². The number of rotatable bonds is 57. The SMILES string of the molecule is CCCCCCCCCCCCCCCC(=O)OC(COC(=O)CCC(=O)N[C@@H](CCC(=O)O)C(=O)N[C@@H](CCC(=O)O)C(=O)N[C@@H](CCSC)C(=O)N[C@@H](CCC(N)=O)C(=O)N[C@@H](CCCN=C(N)N)C(=O)N[C@@H](CCCN=C(N)N)C(=O)O)C1OC(=O)C(OP(=O)(N(C)C)N(C)C)C1=O. The standard InChI is InChI=1S/C62H108N15O22PS/c1-7-8-9-10-11-12-13-14-15-16-17-18-19-24-50(85)97-44(52-51(86)53(60(94)98-52)99-100(95,76(2)3)77(4)5)37-96-49(84)32-29-46(79)70-39(26-30-47(80)81)55(88)73-41(27-31-48(82)83)57(90)74-42(33-36-101-6)58(91)72-40(25-28-45(63)78)56(89)71-38(22-20-34-68-61(64)65)54(87)75-43(59(92)93)23-21-35-69-62(66)67/h38-44,52-53H,7-37H2,1-6H3,(H2,63,78)(H,70,79)(H,71,89)(H,72,91)(H,73,88)(H,74,90)(H,75,87)(H,80,81)(H,82,83)(H,92,93)(H4,64,65,68)(H4,66,67,69)/t38-,39-,40-,41-,42-,43-,44?,52?,53?/m0/s1. The van der Waals surface area contributed by atoms with E-state index in [1.165, 1.54) is 78.5 Å². The van der Waals surface area contributed by atoms with Crippen LogP contribution >= 0.6 is 19.4 Å². The summed E-state index contributed by atoms with van der Waals surface area (Å²) in [4.78, 5) is 193. The van der Waals surface area contributed by atoms with E-state index in [2.05, 4.69) is 48.8 Å². The van der Waals surface area contributed by atoms with Gasteiger partial charge in [-0.05, 0) is 98.0 Å². The number of hydrogen-bond donors (Lipinski definition) is 14. The quantitative estimate of drug-likeness (QED) is 0.00705. The molecule has 1 rings (SSSR count). The van der Waals surface area contributed by atoms with Gasteiger partial charge in [0, 0.05) is 45.2 Å². The molecular formula is C62H108N15O22PS. The summed E-state index contributed by atoms with van der Waals surface area (Å²) in [6.45, 7) is 1.25. The van der Waals surface area contributed by atoms with Gasteiger partial charge in [0.05, 0.1) is 6.42 Å². The highest BCUT2D eigenvalue weighted by molar-refractivity contribution is 7.98. The Kier molecular flexibility index (Phi) is 45.1. The Hall–Kier alpha value is -8.22. The number of nitrogens with two attached hydrogens (primary N) is 5. The number of hydrogen-bond acceptors (Lipinski definition) is 22. The predicted molar refractivity (Wildman–Crippen MR) is 369 cm³/mol. The molecule has 37 nitrogen and oxygen atoms in total. The number of carbonyl (C=O) groups is 14. The number of esters is 3. The fraction of sp³-hybridized carbons (Fsp3) is 0.742. The Balaban J connectivity index is 3.40. The first-order valence-corrected chi connectivity index (χ1v) is 36.7. The number of thioether (sulfide) groups is 1. The highest BCUT2D eigenvalue weighted by atomic mass is 32.2. The molecule has 19 N–H and O–H groups in total. The number of ketones is 1. The number of ether oxygens (including phenoxy) is 3. The number of primary amides is 1. The molecule has 574 valence electrons. The van der Waals surface area contributed by atoms with Crippen molar-refractivity contribution in [1.82, 2.24) is 41.2 Å². The van der Waals surface area contributed by atoms with Crippen molar-refractivity contribution in [1.29, 1.82) is 0 Å². The number of amides is 7. The third kappa shape index (κ3) is 38.4. The number of nitrogens with zero attached hydrogens (tertiary/aromatic N) is 4. The van der Waals surface area contributed by atoms with Gasteiger partial charge in [-0.25, -0.2) is 18.9 Å². The second-order valence-corrected chi connectivity index (χ2v) is 28.2. The van der Waals surface area contributed by atoms with Crippen LogP contribution < -0.4 is 60.6 Å². The number of aliphatic carboxylic acids is 3. The summed E-state index contributed by atoms with van der Waals surface area (Å²) in [5.41, 5.74) is 27.0. The first-order valence-electron chi connectivity index (χ1n) is 33.8. The molecule has 0 radical (unpaired) electrons. The summed E-state index contributed by atoms with van der Waals surface area (Å²) < 4.78 is 37.7. The number of carboxylic acids is 3. The van der Waals surface area contributed by atoms with Gasteiger partial charge in [0.1, 0.15) is 42.9 Å². The molecule has 1 aliphatic heterocycles. The van der Waals surface area contributed by atoms with Crippen molar-refractivity contribution >= 4 is 114 Å². The molecule has 101 heavy (non-hydrogen) atoms. The topological polar surface area (TPSA) is 587 Å². The summed E-state index contributed by atoms with van der Waals surface area (Å²) >= 11 is 1.20. The maximum atomic E-state index is 14.2. The van der Waals surface area contributed by atoms with Crippen molar-refractivity contribution in [3.8, 4) is 0 Å². The number of Topliss-reactive ketones (excluding diaryl/α,β-unsaturated/α-hetero) is 1. The fourth-order valence-electron chi connectivity index (χ4n) is 10.0. The molecule has 7 amide bonds. The maximum absolute atomic E-state index is 14.2. The summed E-state index contributed by atoms with van der Waals surface area (Å²) in [7, 11) is 1.55. The van der Waals surface area contributed by atoms with Gasteiger partial charge in [-0.15, -0.1) is 0 Å². The molecule has 0 aliphatic carbocycles. The van der Waals surface area contributed by atoms with Gasteiger partial charge in [0.2, 0.25) is 59.3 Å². The van der Waals surface area contributed by atoms with Crippen molar-refractivity contribution in [3.05, 3.63) is 0 Å². The highest BCUT2D eigenvalue weighted by Gasteiger charge is 2.53. The fourth-order valence-corrected chi connectivity index (χ4v) is 12.0. The zero-order valence-electron chi connectivity index (χ0n) is 58.7. The minimum Gasteiger partial charge on any atom is -0.481 e. The predicted octanol–water partition coefficient (Wildman–Crippen LogP) is -0.337. The number of carboxylic acid groups (broad SMARTS) is 3. The lowest BCUT2D eigenvalue weighted by atomic mass is 10.0. The zero-order valence-corrected chi connectivity index (χ0v) is 60.5. The number of carbonyl (C=O) groups excluding carboxylic acids is 11. The molecular weight excluding hydrogens is 1370 g/mol. The Labute approximate surface area is 592 Å². The lowest BCUT2D eigenvalue weighted by Crippen LogP contribution is -2.59. The second kappa shape index (κ2) is 50.2. The number of guanidine groups is 2. The van der Waals surface area contributed by atoms with Gasteiger partial charge in [-0.1, -0.05) is 84.0 Å². The smallest absolute Gasteiger partial charge is 0.346 e. The van der Waals surface area contributed by atoms with Gasteiger partial charge in [0.25, 0.3) is 0 Å². The van der Waals surface area contributed by atoms with Crippen molar-refractivity contribution in [3.63, 3.8) is 0 Å². The molecule has 0 saturated carbocycles. The summed E-state index contributed by atoms with van der Waals surface area (Å²) in [6.07, 6.45) is 3.55. The van der Waals surface area contributed by atoms with Crippen LogP contribution in [0, 0.1) is 0 Å². The van der Waals surface area contributed by atoms with E-state index in [-0.39, 0.29) is 69.3 Å². The van der Waals surface area contributed by atoms with Crippen molar-refractivity contribution < 1.29 is 106 Å². The molecule has 1 fully saturated rings. The Bertz CT molecular complexity index is 2840. The lowest BCUT2D eigenvalue weighted by Gasteiger charge is -2.30. The summed E-state index contributed by atoms with van der Waals surface area (Å²) in [5, 5.41) is 43.3. The minimum atomic E-state index is -3.99. The maximum Gasteiger partial charge on any atom is 0.346 e. The largest absolute Gasteiger partial charge is 0.481 e. The molecule has 1 heterocycles. The normalized spacial score (nSPS) is 15.6. The number of nitrogens with one attached hydrogen (secondary N) is 6. The number of cyclic esters (lactones) is 1. The molecule has 0 spiro atoms. The van der Waals surface area contributed by atoms with Crippen molar-refractivity contribution in [2.45, 2.75) is 235 Å². The molecule has 1 aliphatic rings. The first-order chi connectivity index (χ1) is 47.7. The van der Waals surface area contributed by atoms with Crippen LogP contribution in [0.3, 0.4) is 0 Å². The molecule has 0 aromatic carbocycles. The van der Waals surface area contributed by atoms with Crippen LogP contribution in [0.15, 0.2) is 9.98 Å². The Morgan fingerprint density at radius 3 is 1.35 bits per heavy atom. The molecule has 1 saturated heterocycles. The number of aliphatic imine (C=N–C) groups is 2. The van der Waals surface area contributed by atoms with Gasteiger partial charge >= 0.3 is 43.5 Å². The molecule has 39 heteroatoms. The van der Waals surface area contributed by atoms with E-state index < -0.39 is 203 Å². The molecule has 0 aromatic rings. The van der Waals surface area contributed by atoms with Crippen LogP contribution in [0.5, 0.6) is 0 Å². The van der Waals surface area contributed by atoms with E-state index in [4.69, 9.17) is 47.4 Å². The van der Waals surface area contributed by atoms with Gasteiger partial charge in [0.15, 0.2) is 18.0 Å². The molecule has 9 atom stereocenters. The number of unbranched alkanes of at least 4 members (excludes halogenated alkanes) is 12. The van der Waals surface area contributed by atoms with E-state index in [0.29, 0.717) is 12.8 Å². The van der Waals surface area contributed by atoms with E-state index in [9.17, 15) is 87.0 Å². The average molecular weight is 1480 g/mol. The van der Waals surface area contributed by atoms with E-state index in [1.807, 2.05) is 0 Å². The van der Waals surface area contributed by atoms with Crippen molar-refractivity contribution in [2.24, 2.45) is 38.7 Å². The van der Waals surface area contributed by atoms with Gasteiger partial charge in [-0.2, -0.15) is 11.8 Å². The highest BCUT2D eigenvalue weighted by Crippen LogP contribution is 2.52. The third-order valence-corrected chi connectivity index (χ3v) is 18.7. The van der Waals surface area contributed by atoms with E-state index in [1.54, 1.807) is 6.26 Å². The van der Waals surface area contributed by atoms with Crippen LogP contribution in [0.1, 0.15) is 180 Å². The van der Waals surface area contributed by atoms with Gasteiger partial charge < -0.3 is 90.1 Å². The average Bonchev–Trinajstić information content (AvgIpc) is 1.59. The first kappa shape index (κ1) is 90.8. The minimum absolute atomic E-state index is 0.0177. The summed E-state index contributed by atoms with van der Waals surface area (Å²) in [5.74, 6) is -16.6. The molecule has 3 unspecified atom stereocenters.